The lowest BCUT2D eigenvalue weighted by molar-refractivity contribution is 0.0994. The minimum atomic E-state index is -0.296. The van der Waals surface area contributed by atoms with Crippen LogP contribution in [0, 0.1) is 12.7 Å². The molecule has 1 aromatic heterocycles. The summed E-state index contributed by atoms with van der Waals surface area (Å²) in [6, 6.07) is 19.8. The second-order valence-electron chi connectivity index (χ2n) is 7.87. The zero-order valence-electron chi connectivity index (χ0n) is 17.6. The van der Waals surface area contributed by atoms with Gasteiger partial charge < -0.3 is 9.73 Å². The Kier molecular flexibility index (Phi) is 5.19. The van der Waals surface area contributed by atoms with Crippen LogP contribution < -0.4 is 10.7 Å². The molecule has 32 heavy (non-hydrogen) atoms. The van der Waals surface area contributed by atoms with Crippen LogP contribution in [0.1, 0.15) is 40.3 Å². The molecule has 5 rings (SSSR count). The van der Waals surface area contributed by atoms with E-state index in [0.29, 0.717) is 11.4 Å². The number of amides is 1. The van der Waals surface area contributed by atoms with E-state index in [1.54, 1.807) is 12.1 Å². The van der Waals surface area contributed by atoms with Crippen molar-refractivity contribution in [2.45, 2.75) is 26.2 Å². The SMILES string of the molecule is Cc1c(C(=O)Nc2cccc3ccccc23)oc2c1/C(=N/Nc1ccc(F)cc1)CCC2. The summed E-state index contributed by atoms with van der Waals surface area (Å²) in [6.45, 7) is 1.89. The van der Waals surface area contributed by atoms with E-state index in [-0.39, 0.29) is 11.7 Å². The van der Waals surface area contributed by atoms with Gasteiger partial charge in [-0.3, -0.25) is 10.2 Å². The van der Waals surface area contributed by atoms with Crippen LogP contribution in [0.5, 0.6) is 0 Å². The molecule has 4 aromatic rings. The molecule has 160 valence electrons. The van der Waals surface area contributed by atoms with Crippen LogP contribution in [0.15, 0.2) is 76.2 Å². The average Bonchev–Trinajstić information content (AvgIpc) is 3.16. The molecule has 0 fully saturated rings. The van der Waals surface area contributed by atoms with Crippen LogP contribution in [0.2, 0.25) is 0 Å². The number of hydrazone groups is 1. The highest BCUT2D eigenvalue weighted by Gasteiger charge is 2.28. The summed E-state index contributed by atoms with van der Waals surface area (Å²) in [6.07, 6.45) is 2.41. The molecule has 0 aliphatic heterocycles. The summed E-state index contributed by atoms with van der Waals surface area (Å²) in [5.74, 6) is 0.505. The molecule has 0 unspecified atom stereocenters. The topological polar surface area (TPSA) is 66.6 Å². The van der Waals surface area contributed by atoms with Crippen LogP contribution in [0.3, 0.4) is 0 Å². The molecule has 1 amide bonds. The van der Waals surface area contributed by atoms with Crippen molar-refractivity contribution < 1.29 is 13.6 Å². The Bertz CT molecular complexity index is 1330. The van der Waals surface area contributed by atoms with E-state index in [9.17, 15) is 9.18 Å². The van der Waals surface area contributed by atoms with Gasteiger partial charge >= 0.3 is 0 Å². The second-order valence-corrected chi connectivity index (χ2v) is 7.87. The number of nitrogens with one attached hydrogen (secondary N) is 2. The Morgan fingerprint density at radius 1 is 1.00 bits per heavy atom. The van der Waals surface area contributed by atoms with Crippen molar-refractivity contribution in [3.63, 3.8) is 0 Å². The third kappa shape index (κ3) is 3.75. The Hall–Kier alpha value is -3.93. The molecule has 6 heteroatoms. The molecule has 0 saturated carbocycles. The number of furan rings is 1. The highest BCUT2D eigenvalue weighted by atomic mass is 19.1. The fourth-order valence-electron chi connectivity index (χ4n) is 4.17. The molecule has 1 aliphatic rings. The number of benzene rings is 3. The van der Waals surface area contributed by atoms with Gasteiger partial charge in [0, 0.05) is 28.6 Å². The molecule has 0 radical (unpaired) electrons. The molecule has 0 bridgehead atoms. The smallest absolute Gasteiger partial charge is 0.291 e. The van der Waals surface area contributed by atoms with Gasteiger partial charge in [-0.2, -0.15) is 5.10 Å². The van der Waals surface area contributed by atoms with Crippen molar-refractivity contribution in [1.82, 2.24) is 0 Å². The van der Waals surface area contributed by atoms with E-state index in [1.807, 2.05) is 49.4 Å². The van der Waals surface area contributed by atoms with Gasteiger partial charge in [0.05, 0.1) is 11.4 Å². The number of hydrogen-bond donors (Lipinski definition) is 2. The van der Waals surface area contributed by atoms with E-state index in [4.69, 9.17) is 4.42 Å². The van der Waals surface area contributed by atoms with E-state index < -0.39 is 0 Å². The molecular formula is C26H22FN3O2. The summed E-state index contributed by atoms with van der Waals surface area (Å²) >= 11 is 0. The number of halogens is 1. The zero-order chi connectivity index (χ0) is 22.1. The average molecular weight is 427 g/mol. The molecule has 1 heterocycles. The van der Waals surface area contributed by atoms with Crippen molar-refractivity contribution in [2.24, 2.45) is 5.10 Å². The quantitative estimate of drug-likeness (QED) is 0.376. The Morgan fingerprint density at radius 2 is 1.78 bits per heavy atom. The van der Waals surface area contributed by atoms with Gasteiger partial charge in [-0.25, -0.2) is 4.39 Å². The normalized spacial score (nSPS) is 14.4. The van der Waals surface area contributed by atoms with Crippen molar-refractivity contribution in [3.8, 4) is 0 Å². The Balaban J connectivity index is 1.43. The van der Waals surface area contributed by atoms with Gasteiger partial charge in [-0.15, -0.1) is 0 Å². The van der Waals surface area contributed by atoms with Gasteiger partial charge in [-0.05, 0) is 55.5 Å². The van der Waals surface area contributed by atoms with Gasteiger partial charge in [0.1, 0.15) is 11.6 Å². The van der Waals surface area contributed by atoms with Crippen LogP contribution >= 0.6 is 0 Å². The van der Waals surface area contributed by atoms with Crippen molar-refractivity contribution in [3.05, 3.63) is 95.2 Å². The maximum atomic E-state index is 13.1. The van der Waals surface area contributed by atoms with Gasteiger partial charge in [0.15, 0.2) is 5.76 Å². The van der Waals surface area contributed by atoms with Crippen LogP contribution in [0.4, 0.5) is 15.8 Å². The summed E-state index contributed by atoms with van der Waals surface area (Å²) in [7, 11) is 0. The van der Waals surface area contributed by atoms with Crippen LogP contribution in [-0.2, 0) is 6.42 Å². The number of anilines is 2. The summed E-state index contributed by atoms with van der Waals surface area (Å²) in [5, 5.41) is 9.57. The van der Waals surface area contributed by atoms with Gasteiger partial charge in [0.2, 0.25) is 0 Å². The van der Waals surface area contributed by atoms with E-state index in [1.165, 1.54) is 12.1 Å². The zero-order valence-corrected chi connectivity index (χ0v) is 17.6. The van der Waals surface area contributed by atoms with Crippen molar-refractivity contribution in [2.75, 3.05) is 10.7 Å². The number of nitrogens with zero attached hydrogens (tertiary/aromatic N) is 1. The first-order chi connectivity index (χ1) is 15.6. The maximum Gasteiger partial charge on any atom is 0.291 e. The van der Waals surface area contributed by atoms with E-state index in [0.717, 1.165) is 58.3 Å². The summed E-state index contributed by atoms with van der Waals surface area (Å²) in [5.41, 5.74) is 6.92. The molecule has 0 atom stereocenters. The molecular weight excluding hydrogens is 405 g/mol. The van der Waals surface area contributed by atoms with Crippen LogP contribution in [0.25, 0.3) is 10.8 Å². The number of hydrogen-bond acceptors (Lipinski definition) is 4. The fourth-order valence-corrected chi connectivity index (χ4v) is 4.17. The molecule has 2 N–H and O–H groups in total. The standard InChI is InChI=1S/C26H22FN3O2/c1-16-24-22(30-29-19-14-12-18(27)13-15-19)10-5-11-23(24)32-25(16)26(31)28-21-9-4-7-17-6-2-3-8-20(17)21/h2-4,6-9,12-15,29H,5,10-11H2,1H3,(H,28,31)/b30-22+. The number of aryl methyl sites for hydroxylation is 1. The monoisotopic (exact) mass is 427 g/mol. The largest absolute Gasteiger partial charge is 0.455 e. The lowest BCUT2D eigenvalue weighted by atomic mass is 9.93. The highest BCUT2D eigenvalue weighted by molar-refractivity contribution is 6.11. The predicted molar refractivity (Wildman–Crippen MR) is 125 cm³/mol. The number of fused-ring (bicyclic) bond motifs is 2. The fraction of sp³-hybridized carbons (Fsp3) is 0.154. The van der Waals surface area contributed by atoms with Crippen molar-refractivity contribution >= 4 is 33.8 Å². The predicted octanol–water partition coefficient (Wildman–Crippen LogP) is 6.29. The molecule has 5 nitrogen and oxygen atoms in total. The number of rotatable bonds is 4. The number of carbonyl (C=O) groups excluding carboxylic acids is 1. The molecule has 0 spiro atoms. The van der Waals surface area contributed by atoms with Gasteiger partial charge in [0.25, 0.3) is 5.91 Å². The van der Waals surface area contributed by atoms with E-state index in [2.05, 4.69) is 15.8 Å². The van der Waals surface area contributed by atoms with E-state index >= 15 is 0 Å². The number of carbonyl (C=O) groups is 1. The first-order valence-corrected chi connectivity index (χ1v) is 10.6. The highest BCUT2D eigenvalue weighted by Crippen LogP contribution is 2.31. The maximum absolute atomic E-state index is 13.1. The minimum absolute atomic E-state index is 0.279. The lowest BCUT2D eigenvalue weighted by Crippen LogP contribution is -2.14. The molecule has 0 saturated heterocycles. The first-order valence-electron chi connectivity index (χ1n) is 10.6. The lowest BCUT2D eigenvalue weighted by Gasteiger charge is -2.13. The summed E-state index contributed by atoms with van der Waals surface area (Å²) < 4.78 is 19.1. The summed E-state index contributed by atoms with van der Waals surface area (Å²) in [4.78, 5) is 13.1. The third-order valence-corrected chi connectivity index (χ3v) is 5.73. The minimum Gasteiger partial charge on any atom is -0.455 e. The Labute approximate surface area is 184 Å². The van der Waals surface area contributed by atoms with Crippen LogP contribution in [-0.4, -0.2) is 11.6 Å². The molecule has 1 aliphatic carbocycles. The molecule has 3 aromatic carbocycles. The van der Waals surface area contributed by atoms with Gasteiger partial charge in [-0.1, -0.05) is 36.4 Å². The Morgan fingerprint density at radius 3 is 2.62 bits per heavy atom. The van der Waals surface area contributed by atoms with Crippen molar-refractivity contribution in [1.29, 1.82) is 0 Å². The third-order valence-electron chi connectivity index (χ3n) is 5.73. The second kappa shape index (κ2) is 8.30. The first kappa shape index (κ1) is 20.0.